The second kappa shape index (κ2) is 7.12. The Labute approximate surface area is 105 Å². The molecule has 0 aromatic rings. The van der Waals surface area contributed by atoms with Gasteiger partial charge in [-0.1, -0.05) is 13.8 Å². The first-order valence-electron chi connectivity index (χ1n) is 6.95. The molecule has 0 aromatic carbocycles. The first-order chi connectivity index (χ1) is 8.15. The maximum atomic E-state index is 11.4. The summed E-state index contributed by atoms with van der Waals surface area (Å²) in [6.45, 7) is 7.38. The van der Waals surface area contributed by atoms with E-state index in [2.05, 4.69) is 18.7 Å². The summed E-state index contributed by atoms with van der Waals surface area (Å²) >= 11 is 0. The van der Waals surface area contributed by atoms with E-state index in [4.69, 9.17) is 5.11 Å². The predicted molar refractivity (Wildman–Crippen MR) is 69.9 cm³/mol. The van der Waals surface area contributed by atoms with Gasteiger partial charge in [-0.25, -0.2) is 0 Å². The van der Waals surface area contributed by atoms with E-state index in [1.54, 1.807) is 0 Å². The molecular formula is C14H27NO2. The molecule has 0 bridgehead atoms. The summed E-state index contributed by atoms with van der Waals surface area (Å²) in [4.78, 5) is 13.7. The minimum Gasteiger partial charge on any atom is -0.396 e. The second-order valence-corrected chi connectivity index (χ2v) is 5.61. The van der Waals surface area contributed by atoms with Crippen LogP contribution in [0.25, 0.3) is 0 Å². The van der Waals surface area contributed by atoms with Gasteiger partial charge in [-0.05, 0) is 44.6 Å². The highest BCUT2D eigenvalue weighted by Gasteiger charge is 2.35. The van der Waals surface area contributed by atoms with Gasteiger partial charge in [0.1, 0.15) is 6.29 Å². The topological polar surface area (TPSA) is 40.5 Å². The fourth-order valence-corrected chi connectivity index (χ4v) is 2.74. The summed E-state index contributed by atoms with van der Waals surface area (Å²) in [5.41, 5.74) is -0.113. The lowest BCUT2D eigenvalue weighted by molar-refractivity contribution is -0.119. The highest BCUT2D eigenvalue weighted by molar-refractivity contribution is 5.60. The number of hydrogen-bond acceptors (Lipinski definition) is 3. The molecule has 100 valence electrons. The molecule has 0 aromatic heterocycles. The van der Waals surface area contributed by atoms with Crippen LogP contribution in [0.15, 0.2) is 0 Å². The van der Waals surface area contributed by atoms with Crippen molar-refractivity contribution in [3.63, 3.8) is 0 Å². The van der Waals surface area contributed by atoms with Crippen molar-refractivity contribution < 1.29 is 9.90 Å². The van der Waals surface area contributed by atoms with Crippen molar-refractivity contribution in [2.75, 3.05) is 26.2 Å². The average molecular weight is 241 g/mol. The van der Waals surface area contributed by atoms with Gasteiger partial charge in [-0.15, -0.1) is 0 Å². The van der Waals surface area contributed by atoms with Crippen LogP contribution in [0, 0.1) is 11.3 Å². The summed E-state index contributed by atoms with van der Waals surface area (Å²) < 4.78 is 0. The second-order valence-electron chi connectivity index (χ2n) is 5.61. The van der Waals surface area contributed by atoms with Crippen LogP contribution >= 0.6 is 0 Å². The smallest absolute Gasteiger partial charge is 0.127 e. The summed E-state index contributed by atoms with van der Waals surface area (Å²) in [5, 5.41) is 8.88. The van der Waals surface area contributed by atoms with Gasteiger partial charge in [0.25, 0.3) is 0 Å². The molecule has 0 radical (unpaired) electrons. The van der Waals surface area contributed by atoms with Crippen molar-refractivity contribution in [2.24, 2.45) is 11.3 Å². The number of aldehydes is 1. The van der Waals surface area contributed by atoms with Gasteiger partial charge in [-0.2, -0.15) is 0 Å². The molecule has 1 N–H and O–H groups in total. The normalized spacial score (nSPS) is 29.5. The van der Waals surface area contributed by atoms with E-state index in [0.717, 1.165) is 44.8 Å². The van der Waals surface area contributed by atoms with Gasteiger partial charge < -0.3 is 14.8 Å². The minimum absolute atomic E-state index is 0.113. The van der Waals surface area contributed by atoms with Gasteiger partial charge >= 0.3 is 0 Å². The third-order valence-electron chi connectivity index (χ3n) is 4.14. The number of aliphatic hydroxyl groups is 1. The third kappa shape index (κ3) is 4.40. The van der Waals surface area contributed by atoms with Gasteiger partial charge in [-0.3, -0.25) is 0 Å². The Balaban J connectivity index is 2.51. The fourth-order valence-electron chi connectivity index (χ4n) is 2.74. The Kier molecular flexibility index (Phi) is 6.14. The van der Waals surface area contributed by atoms with Crippen LogP contribution < -0.4 is 0 Å². The van der Waals surface area contributed by atoms with Crippen molar-refractivity contribution in [2.45, 2.75) is 46.0 Å². The summed E-state index contributed by atoms with van der Waals surface area (Å²) in [5.74, 6) is 0.774. The zero-order valence-electron chi connectivity index (χ0n) is 11.3. The number of hydrogen-bond donors (Lipinski definition) is 1. The molecule has 0 unspecified atom stereocenters. The molecule has 1 aliphatic rings. The SMILES string of the molecule is CCN(CCCO)CC1(C=O)CCC(C)CC1. The largest absolute Gasteiger partial charge is 0.396 e. The van der Waals surface area contributed by atoms with Crippen LogP contribution in [-0.2, 0) is 4.79 Å². The van der Waals surface area contributed by atoms with Crippen LogP contribution in [0.2, 0.25) is 0 Å². The molecule has 1 rings (SSSR count). The Bertz CT molecular complexity index is 222. The molecule has 1 aliphatic carbocycles. The molecule has 0 atom stereocenters. The van der Waals surface area contributed by atoms with Crippen LogP contribution in [0.1, 0.15) is 46.0 Å². The van der Waals surface area contributed by atoms with E-state index in [1.807, 2.05) is 0 Å². The fraction of sp³-hybridized carbons (Fsp3) is 0.929. The van der Waals surface area contributed by atoms with Crippen LogP contribution in [0.5, 0.6) is 0 Å². The molecule has 0 amide bonds. The molecule has 1 fully saturated rings. The van der Waals surface area contributed by atoms with Gasteiger partial charge in [0.05, 0.1) is 0 Å². The molecule has 3 heteroatoms. The van der Waals surface area contributed by atoms with Gasteiger partial charge in [0.2, 0.25) is 0 Å². The quantitative estimate of drug-likeness (QED) is 0.694. The lowest BCUT2D eigenvalue weighted by atomic mass is 9.71. The Hall–Kier alpha value is -0.410. The number of aliphatic hydroxyl groups excluding tert-OH is 1. The number of carbonyl (C=O) groups is 1. The van der Waals surface area contributed by atoms with Crippen molar-refractivity contribution in [1.82, 2.24) is 4.90 Å². The van der Waals surface area contributed by atoms with Crippen molar-refractivity contribution in [3.8, 4) is 0 Å². The van der Waals surface area contributed by atoms with Crippen LogP contribution in [0.4, 0.5) is 0 Å². The van der Waals surface area contributed by atoms with Crippen molar-refractivity contribution in [1.29, 1.82) is 0 Å². The summed E-state index contributed by atoms with van der Waals surface area (Å²) in [7, 11) is 0. The molecule has 0 heterocycles. The first-order valence-corrected chi connectivity index (χ1v) is 6.95. The van der Waals surface area contributed by atoms with Gasteiger partial charge in [0.15, 0.2) is 0 Å². The standard InChI is InChI=1S/C14H27NO2/c1-3-15(9-4-10-16)11-14(12-17)7-5-13(2)6-8-14/h12-13,16H,3-11H2,1-2H3. The van der Waals surface area contributed by atoms with Crippen molar-refractivity contribution in [3.05, 3.63) is 0 Å². The predicted octanol–water partition coefficient (Wildman–Crippen LogP) is 2.09. The number of nitrogens with zero attached hydrogens (tertiary/aromatic N) is 1. The Morgan fingerprint density at radius 3 is 2.53 bits per heavy atom. The van der Waals surface area contributed by atoms with Gasteiger partial charge in [0, 0.05) is 25.1 Å². The third-order valence-corrected chi connectivity index (χ3v) is 4.14. The maximum absolute atomic E-state index is 11.4. The molecule has 0 spiro atoms. The van der Waals surface area contributed by atoms with E-state index in [1.165, 1.54) is 19.1 Å². The zero-order chi connectivity index (χ0) is 12.7. The van der Waals surface area contributed by atoms with E-state index in [-0.39, 0.29) is 12.0 Å². The number of rotatable bonds is 7. The van der Waals surface area contributed by atoms with E-state index in [0.29, 0.717) is 0 Å². The first kappa shape index (κ1) is 14.7. The molecule has 17 heavy (non-hydrogen) atoms. The average Bonchev–Trinajstić information content (AvgIpc) is 2.37. The molecule has 3 nitrogen and oxygen atoms in total. The van der Waals surface area contributed by atoms with E-state index in [9.17, 15) is 4.79 Å². The Morgan fingerprint density at radius 1 is 1.41 bits per heavy atom. The molecule has 0 aliphatic heterocycles. The Morgan fingerprint density at radius 2 is 2.06 bits per heavy atom. The minimum atomic E-state index is -0.113. The lowest BCUT2D eigenvalue weighted by Gasteiger charge is -2.38. The highest BCUT2D eigenvalue weighted by Crippen LogP contribution is 2.37. The number of carbonyl (C=O) groups excluding carboxylic acids is 1. The highest BCUT2D eigenvalue weighted by atomic mass is 16.3. The molecule has 1 saturated carbocycles. The molecular weight excluding hydrogens is 214 g/mol. The van der Waals surface area contributed by atoms with E-state index < -0.39 is 0 Å². The summed E-state index contributed by atoms with van der Waals surface area (Å²) in [6, 6.07) is 0. The monoisotopic (exact) mass is 241 g/mol. The molecule has 0 saturated heterocycles. The van der Waals surface area contributed by atoms with Crippen molar-refractivity contribution >= 4 is 6.29 Å². The van der Waals surface area contributed by atoms with Crippen LogP contribution in [-0.4, -0.2) is 42.5 Å². The van der Waals surface area contributed by atoms with Crippen LogP contribution in [0.3, 0.4) is 0 Å². The maximum Gasteiger partial charge on any atom is 0.127 e. The summed E-state index contributed by atoms with van der Waals surface area (Å²) in [6.07, 6.45) is 6.42. The lowest BCUT2D eigenvalue weighted by Crippen LogP contribution is -2.41. The zero-order valence-corrected chi connectivity index (χ0v) is 11.3. The van der Waals surface area contributed by atoms with E-state index >= 15 is 0 Å².